The van der Waals surface area contributed by atoms with Crippen molar-refractivity contribution in [2.24, 2.45) is 11.8 Å². The summed E-state index contributed by atoms with van der Waals surface area (Å²) < 4.78 is 4.89. The number of benzene rings is 1. The van der Waals surface area contributed by atoms with Crippen molar-refractivity contribution in [3.05, 3.63) is 52.4 Å². The highest BCUT2D eigenvalue weighted by atomic mass is 35.5. The van der Waals surface area contributed by atoms with Gasteiger partial charge in [0.15, 0.2) is 0 Å². The van der Waals surface area contributed by atoms with E-state index in [1.165, 1.54) is 18.4 Å². The molecule has 6 nitrogen and oxygen atoms in total. The first-order chi connectivity index (χ1) is 13.4. The first-order valence-corrected chi connectivity index (χ1v) is 9.83. The molecule has 2 atom stereocenters. The highest BCUT2D eigenvalue weighted by Crippen LogP contribution is 2.39. The molecule has 0 aliphatic heterocycles. The van der Waals surface area contributed by atoms with E-state index in [4.69, 9.17) is 16.3 Å². The first-order valence-electron chi connectivity index (χ1n) is 8.57. The van der Waals surface area contributed by atoms with Crippen LogP contribution in [0.15, 0.2) is 41.8 Å². The highest BCUT2D eigenvalue weighted by molar-refractivity contribution is 7.15. The minimum Gasteiger partial charge on any atom is -0.481 e. The van der Waals surface area contributed by atoms with Gasteiger partial charge in [-0.25, -0.2) is 4.79 Å². The molecule has 0 spiro atoms. The van der Waals surface area contributed by atoms with Crippen LogP contribution in [0, 0.1) is 11.8 Å². The Bertz CT molecular complexity index is 952. The van der Waals surface area contributed by atoms with Gasteiger partial charge in [-0.3, -0.25) is 9.59 Å². The van der Waals surface area contributed by atoms with Crippen LogP contribution in [0.4, 0.5) is 5.00 Å². The van der Waals surface area contributed by atoms with Crippen molar-refractivity contribution in [2.75, 3.05) is 12.4 Å². The van der Waals surface area contributed by atoms with Crippen molar-refractivity contribution in [1.82, 2.24) is 0 Å². The van der Waals surface area contributed by atoms with Gasteiger partial charge in [0, 0.05) is 21.5 Å². The van der Waals surface area contributed by atoms with Gasteiger partial charge < -0.3 is 15.2 Å². The number of nitrogens with one attached hydrogen (secondary N) is 1. The minimum absolute atomic E-state index is 0.201. The lowest BCUT2D eigenvalue weighted by Crippen LogP contribution is -2.34. The molecule has 2 aromatic rings. The van der Waals surface area contributed by atoms with E-state index in [-0.39, 0.29) is 5.56 Å². The highest BCUT2D eigenvalue weighted by Gasteiger charge is 2.35. The number of anilines is 1. The fraction of sp³-hybridized carbons (Fsp3) is 0.250. The van der Waals surface area contributed by atoms with Crippen LogP contribution in [0.3, 0.4) is 0 Å². The van der Waals surface area contributed by atoms with Crippen molar-refractivity contribution in [3.63, 3.8) is 0 Å². The number of carboxylic acid groups (broad SMARTS) is 1. The number of carboxylic acids is 1. The van der Waals surface area contributed by atoms with Crippen molar-refractivity contribution in [1.29, 1.82) is 0 Å². The molecule has 0 saturated heterocycles. The number of carbonyl (C=O) groups is 3. The fourth-order valence-corrected chi connectivity index (χ4v) is 4.40. The van der Waals surface area contributed by atoms with Gasteiger partial charge in [-0.2, -0.15) is 0 Å². The molecule has 0 radical (unpaired) electrons. The number of hydrogen-bond acceptors (Lipinski definition) is 5. The Hall–Kier alpha value is -2.64. The first kappa shape index (κ1) is 20.1. The third-order valence-electron chi connectivity index (χ3n) is 4.67. The van der Waals surface area contributed by atoms with Crippen LogP contribution >= 0.6 is 22.9 Å². The van der Waals surface area contributed by atoms with Crippen LogP contribution in [-0.2, 0) is 14.3 Å². The standard InChI is InChI=1S/C20H18ClNO5S/c1-27-20(26)16-14(11-6-4-5-9-15(11)21)10-28-18(16)22-17(23)12-7-2-3-8-13(12)19(24)25/h2-6,9-10,12-13H,7-8H2,1H3,(H,22,23)(H,24,25)/t12-,13-/m0/s1. The maximum absolute atomic E-state index is 12.8. The molecule has 3 rings (SSSR count). The van der Waals surface area contributed by atoms with Crippen LogP contribution < -0.4 is 5.32 Å². The second kappa shape index (κ2) is 8.58. The monoisotopic (exact) mass is 419 g/mol. The summed E-state index contributed by atoms with van der Waals surface area (Å²) in [6.45, 7) is 0. The zero-order valence-corrected chi connectivity index (χ0v) is 16.5. The molecule has 2 N–H and O–H groups in total. The molecule has 1 aliphatic carbocycles. The third-order valence-corrected chi connectivity index (χ3v) is 5.89. The van der Waals surface area contributed by atoms with Gasteiger partial charge in [-0.05, 0) is 18.9 Å². The molecular weight excluding hydrogens is 402 g/mol. The van der Waals surface area contributed by atoms with Crippen molar-refractivity contribution in [3.8, 4) is 11.1 Å². The van der Waals surface area contributed by atoms with Gasteiger partial charge in [0.1, 0.15) is 10.6 Å². The van der Waals surface area contributed by atoms with E-state index >= 15 is 0 Å². The van der Waals surface area contributed by atoms with Gasteiger partial charge in [0.2, 0.25) is 5.91 Å². The lowest BCUT2D eigenvalue weighted by molar-refractivity contribution is -0.146. The SMILES string of the molecule is COC(=O)c1c(-c2ccccc2Cl)csc1NC(=O)[C@H]1CC=CC[C@@H]1C(=O)O. The van der Waals surface area contributed by atoms with E-state index in [1.807, 2.05) is 0 Å². The Balaban J connectivity index is 1.95. The summed E-state index contributed by atoms with van der Waals surface area (Å²) in [5.74, 6) is -3.56. The normalized spacial score (nSPS) is 18.5. The fourth-order valence-electron chi connectivity index (χ4n) is 3.21. The van der Waals surface area contributed by atoms with Crippen LogP contribution in [0.25, 0.3) is 11.1 Å². The molecular formula is C20H18ClNO5S. The van der Waals surface area contributed by atoms with E-state index < -0.39 is 29.7 Å². The lowest BCUT2D eigenvalue weighted by atomic mass is 9.82. The number of thiophene rings is 1. The molecule has 146 valence electrons. The second-order valence-electron chi connectivity index (χ2n) is 6.31. The smallest absolute Gasteiger partial charge is 0.341 e. The van der Waals surface area contributed by atoms with E-state index in [9.17, 15) is 19.5 Å². The summed E-state index contributed by atoms with van der Waals surface area (Å²) in [4.78, 5) is 36.7. The molecule has 0 fully saturated rings. The number of halogens is 1. The zero-order valence-electron chi connectivity index (χ0n) is 15.0. The number of rotatable bonds is 5. The molecule has 1 amide bonds. The van der Waals surface area contributed by atoms with Crippen LogP contribution in [0.2, 0.25) is 5.02 Å². The van der Waals surface area contributed by atoms with E-state index in [2.05, 4.69) is 5.32 Å². The molecule has 1 aromatic carbocycles. The summed E-state index contributed by atoms with van der Waals surface area (Å²) in [7, 11) is 1.26. The molecule has 1 aromatic heterocycles. The summed E-state index contributed by atoms with van der Waals surface area (Å²) in [6, 6.07) is 7.06. The number of hydrogen-bond donors (Lipinski definition) is 2. The Kier molecular flexibility index (Phi) is 6.16. The van der Waals surface area contributed by atoms with Crippen LogP contribution in [-0.4, -0.2) is 30.1 Å². The van der Waals surface area contributed by atoms with Gasteiger partial charge in [0.05, 0.1) is 18.9 Å². The Labute approximate surface area is 170 Å². The van der Waals surface area contributed by atoms with E-state index in [0.717, 1.165) is 0 Å². The quantitative estimate of drug-likeness (QED) is 0.551. The van der Waals surface area contributed by atoms with E-state index in [0.29, 0.717) is 34.0 Å². The van der Waals surface area contributed by atoms with Gasteiger partial charge >= 0.3 is 11.9 Å². The average molecular weight is 420 g/mol. The molecule has 0 bridgehead atoms. The predicted octanol–water partition coefficient (Wildman–Crippen LogP) is 4.46. The maximum Gasteiger partial charge on any atom is 0.341 e. The molecule has 0 saturated carbocycles. The number of esters is 1. The van der Waals surface area contributed by atoms with Crippen molar-refractivity contribution >= 4 is 45.8 Å². The largest absolute Gasteiger partial charge is 0.481 e. The number of aliphatic carboxylic acids is 1. The topological polar surface area (TPSA) is 92.7 Å². The lowest BCUT2D eigenvalue weighted by Gasteiger charge is -2.24. The number of methoxy groups -OCH3 is 1. The number of carbonyl (C=O) groups excluding carboxylic acids is 2. The molecule has 28 heavy (non-hydrogen) atoms. The Morgan fingerprint density at radius 2 is 1.82 bits per heavy atom. The second-order valence-corrected chi connectivity index (χ2v) is 7.60. The van der Waals surface area contributed by atoms with Crippen molar-refractivity contribution < 1.29 is 24.2 Å². The molecule has 1 heterocycles. The zero-order chi connectivity index (χ0) is 20.3. The van der Waals surface area contributed by atoms with Gasteiger partial charge in [0.25, 0.3) is 0 Å². The Morgan fingerprint density at radius 1 is 1.14 bits per heavy atom. The summed E-state index contributed by atoms with van der Waals surface area (Å²) in [6.07, 6.45) is 4.20. The summed E-state index contributed by atoms with van der Waals surface area (Å²) >= 11 is 7.43. The molecule has 1 aliphatic rings. The molecule has 8 heteroatoms. The van der Waals surface area contributed by atoms with E-state index in [1.54, 1.807) is 41.8 Å². The third kappa shape index (κ3) is 3.95. The van der Waals surface area contributed by atoms with Crippen LogP contribution in [0.5, 0.6) is 0 Å². The number of allylic oxidation sites excluding steroid dienone is 2. The summed E-state index contributed by atoms with van der Waals surface area (Å²) in [5, 5.41) is 14.6. The van der Waals surface area contributed by atoms with Crippen LogP contribution in [0.1, 0.15) is 23.2 Å². The van der Waals surface area contributed by atoms with Crippen molar-refractivity contribution in [2.45, 2.75) is 12.8 Å². The predicted molar refractivity (Wildman–Crippen MR) is 108 cm³/mol. The average Bonchev–Trinajstić information content (AvgIpc) is 3.10. The van der Waals surface area contributed by atoms with Gasteiger partial charge in [-0.15, -0.1) is 11.3 Å². The summed E-state index contributed by atoms with van der Waals surface area (Å²) in [5.41, 5.74) is 1.40. The Morgan fingerprint density at radius 3 is 2.46 bits per heavy atom. The number of ether oxygens (including phenoxy) is 1. The number of amides is 1. The molecule has 0 unspecified atom stereocenters. The van der Waals surface area contributed by atoms with Gasteiger partial charge in [-0.1, -0.05) is 42.0 Å². The minimum atomic E-state index is -1.01. The maximum atomic E-state index is 12.8.